The maximum atomic E-state index is 13.8. The van der Waals surface area contributed by atoms with Gasteiger partial charge in [0.1, 0.15) is 17.3 Å². The van der Waals surface area contributed by atoms with Crippen LogP contribution in [0, 0.1) is 18.7 Å². The fourth-order valence-electron chi connectivity index (χ4n) is 2.59. The van der Waals surface area contributed by atoms with Crippen LogP contribution >= 0.6 is 12.1 Å². The van der Waals surface area contributed by atoms with Crippen LogP contribution in [0.25, 0.3) is 0 Å². The molecule has 0 radical (unpaired) electrons. The Hall–Kier alpha value is -2.22. The number of aromatic amines is 1. The van der Waals surface area contributed by atoms with Crippen LogP contribution in [0.15, 0.2) is 34.0 Å². The third kappa shape index (κ3) is 3.64. The number of H-pyrrole nitrogens is 1. The highest BCUT2D eigenvalue weighted by Crippen LogP contribution is 2.41. The van der Waals surface area contributed by atoms with E-state index in [9.17, 15) is 17.9 Å². The average molecular weight is 351 g/mol. The van der Waals surface area contributed by atoms with Crippen molar-refractivity contribution < 1.29 is 13.1 Å². The van der Waals surface area contributed by atoms with Gasteiger partial charge in [0.25, 0.3) is 11.5 Å². The quantitative estimate of drug-likeness (QED) is 0.868. The number of nitrogens with one attached hydrogen (secondary N) is 2. The predicted molar refractivity (Wildman–Crippen MR) is 85.9 cm³/mol. The van der Waals surface area contributed by atoms with Crippen molar-refractivity contribution in [3.63, 3.8) is 0 Å². The molecule has 2 N–H and O–H groups in total. The maximum absolute atomic E-state index is 13.8. The van der Waals surface area contributed by atoms with Crippen LogP contribution < -0.4 is 10.9 Å². The molecule has 1 heterocycles. The Morgan fingerprint density at radius 1 is 1.42 bits per heavy atom. The Balaban J connectivity index is 1.85. The summed E-state index contributed by atoms with van der Waals surface area (Å²) in [6.45, 7) is 1.58. The molecule has 1 fully saturated rings. The van der Waals surface area contributed by atoms with Gasteiger partial charge in [0.15, 0.2) is 0 Å². The number of hydrogen-bond donors (Lipinski definition) is 2. The number of aryl methyl sites for hydroxylation is 1. The summed E-state index contributed by atoms with van der Waals surface area (Å²) in [5.41, 5.74) is 0.173. The molecule has 1 saturated carbocycles. The van der Waals surface area contributed by atoms with Crippen molar-refractivity contribution in [3.8, 4) is 0 Å². The molecule has 8 heteroatoms. The highest BCUT2D eigenvalue weighted by atomic mass is 32.2. The molecule has 0 spiro atoms. The lowest BCUT2D eigenvalue weighted by molar-refractivity contribution is 0.0926. The molecule has 1 aromatic carbocycles. The van der Waals surface area contributed by atoms with Gasteiger partial charge in [-0.25, -0.2) is 9.37 Å². The summed E-state index contributed by atoms with van der Waals surface area (Å²) in [7, 11) is 0. The highest BCUT2D eigenvalue weighted by molar-refractivity contribution is 7.94. The van der Waals surface area contributed by atoms with Crippen molar-refractivity contribution in [3.05, 3.63) is 57.5 Å². The Bertz CT molecular complexity index is 836. The van der Waals surface area contributed by atoms with Gasteiger partial charge in [0, 0.05) is 6.07 Å². The van der Waals surface area contributed by atoms with Gasteiger partial charge in [-0.1, -0.05) is 6.07 Å². The first-order valence-electron chi connectivity index (χ1n) is 7.45. The van der Waals surface area contributed by atoms with Crippen LogP contribution in [0.1, 0.15) is 40.8 Å². The Labute approximate surface area is 141 Å². The van der Waals surface area contributed by atoms with Crippen molar-refractivity contribution >= 4 is 18.1 Å². The molecule has 1 aromatic heterocycles. The Kier molecular flexibility index (Phi) is 4.66. The number of halogens is 2. The predicted octanol–water partition coefficient (Wildman–Crippen LogP) is 3.08. The van der Waals surface area contributed by atoms with E-state index >= 15 is 0 Å². The van der Waals surface area contributed by atoms with Crippen LogP contribution in [-0.2, 0) is 0 Å². The van der Waals surface area contributed by atoms with Gasteiger partial charge >= 0.3 is 0 Å². The number of nitrogens with zero attached hydrogens (tertiary/aromatic N) is 1. The monoisotopic (exact) mass is 351 g/mol. The third-order valence-corrected chi connectivity index (χ3v) is 4.37. The SMILES string of the molecule is Cc1nc(C(=O)N[C@@H](c2ccc(SF)c(F)c2)C2CC2)cc(=O)[nH]1. The van der Waals surface area contributed by atoms with Gasteiger partial charge in [-0.3, -0.25) is 9.59 Å². The number of rotatable bonds is 5. The van der Waals surface area contributed by atoms with Crippen LogP contribution in [0.2, 0.25) is 0 Å². The number of carbonyl (C=O) groups excluding carboxylic acids is 1. The molecular weight excluding hydrogens is 336 g/mol. The van der Waals surface area contributed by atoms with Gasteiger partial charge in [0.05, 0.1) is 23.1 Å². The van der Waals surface area contributed by atoms with E-state index in [-0.39, 0.29) is 28.7 Å². The smallest absolute Gasteiger partial charge is 0.270 e. The molecule has 1 aliphatic carbocycles. The first-order valence-corrected chi connectivity index (χ1v) is 8.16. The van der Waals surface area contributed by atoms with Crippen molar-refractivity contribution in [2.75, 3.05) is 0 Å². The summed E-state index contributed by atoms with van der Waals surface area (Å²) in [5.74, 6) is -0.623. The fraction of sp³-hybridized carbons (Fsp3) is 0.312. The zero-order valence-corrected chi connectivity index (χ0v) is 13.6. The normalized spacial score (nSPS) is 15.1. The molecule has 0 bridgehead atoms. The zero-order valence-electron chi connectivity index (χ0n) is 12.8. The standard InChI is InChI=1S/C16H15F2N3O2S/c1-8-19-12(7-14(22)20-8)16(23)21-15(9-2-3-9)10-4-5-13(24-18)11(17)6-10/h4-7,9,15H,2-3H2,1H3,(H,21,23)(H,19,20,22)/t15-/m1/s1. The summed E-state index contributed by atoms with van der Waals surface area (Å²) >= 11 is -0.157. The summed E-state index contributed by atoms with van der Waals surface area (Å²) in [6, 6.07) is 4.92. The maximum Gasteiger partial charge on any atom is 0.270 e. The lowest BCUT2D eigenvalue weighted by Crippen LogP contribution is -2.31. The first-order chi connectivity index (χ1) is 11.5. The lowest BCUT2D eigenvalue weighted by Gasteiger charge is -2.19. The second-order valence-electron chi connectivity index (χ2n) is 5.77. The van der Waals surface area contributed by atoms with Gasteiger partial charge in [-0.15, -0.1) is 0 Å². The van der Waals surface area contributed by atoms with Crippen molar-refractivity contribution in [2.45, 2.75) is 30.7 Å². The second kappa shape index (κ2) is 6.72. The van der Waals surface area contributed by atoms with E-state index < -0.39 is 23.3 Å². The van der Waals surface area contributed by atoms with E-state index in [2.05, 4.69) is 15.3 Å². The summed E-state index contributed by atoms with van der Waals surface area (Å²) in [4.78, 5) is 30.2. The first kappa shape index (κ1) is 16.6. The molecule has 0 aliphatic heterocycles. The minimum Gasteiger partial charge on any atom is -0.344 e. The van der Waals surface area contributed by atoms with Crippen LogP contribution in [0.5, 0.6) is 0 Å². The van der Waals surface area contributed by atoms with Crippen molar-refractivity contribution in [1.29, 1.82) is 0 Å². The number of amides is 1. The molecule has 126 valence electrons. The molecule has 0 unspecified atom stereocenters. The fourth-order valence-corrected chi connectivity index (χ4v) is 2.84. The van der Waals surface area contributed by atoms with E-state index in [0.717, 1.165) is 18.9 Å². The lowest BCUT2D eigenvalue weighted by atomic mass is 10.0. The van der Waals surface area contributed by atoms with E-state index in [1.165, 1.54) is 12.1 Å². The van der Waals surface area contributed by atoms with Crippen LogP contribution in [0.4, 0.5) is 8.28 Å². The highest BCUT2D eigenvalue weighted by Gasteiger charge is 2.34. The largest absolute Gasteiger partial charge is 0.344 e. The third-order valence-electron chi connectivity index (χ3n) is 3.87. The number of hydrogen-bond acceptors (Lipinski definition) is 4. The topological polar surface area (TPSA) is 74.8 Å². The molecular formula is C16H15F2N3O2S. The van der Waals surface area contributed by atoms with E-state index in [4.69, 9.17) is 0 Å². The Morgan fingerprint density at radius 3 is 2.75 bits per heavy atom. The molecule has 1 atom stereocenters. The van der Waals surface area contributed by atoms with Gasteiger partial charge in [-0.2, -0.15) is 3.89 Å². The minimum absolute atomic E-state index is 0.0123. The van der Waals surface area contributed by atoms with Crippen LogP contribution in [0.3, 0.4) is 0 Å². The summed E-state index contributed by atoms with van der Waals surface area (Å²) in [6.07, 6.45) is 1.82. The molecule has 1 aliphatic rings. The Morgan fingerprint density at radius 2 is 2.17 bits per heavy atom. The van der Waals surface area contributed by atoms with E-state index in [0.29, 0.717) is 11.4 Å². The number of carbonyl (C=O) groups is 1. The number of aromatic nitrogens is 2. The zero-order chi connectivity index (χ0) is 17.3. The molecule has 3 rings (SSSR count). The average Bonchev–Trinajstić information content (AvgIpc) is 3.36. The number of benzene rings is 1. The second-order valence-corrected chi connectivity index (χ2v) is 6.37. The molecule has 0 saturated heterocycles. The van der Waals surface area contributed by atoms with E-state index in [1.807, 2.05) is 0 Å². The van der Waals surface area contributed by atoms with Gasteiger partial charge in [-0.05, 0) is 43.4 Å². The van der Waals surface area contributed by atoms with Crippen molar-refractivity contribution in [1.82, 2.24) is 15.3 Å². The van der Waals surface area contributed by atoms with Crippen LogP contribution in [-0.4, -0.2) is 15.9 Å². The van der Waals surface area contributed by atoms with E-state index in [1.54, 1.807) is 13.0 Å². The summed E-state index contributed by atoms with van der Waals surface area (Å²) in [5, 5.41) is 2.81. The van der Waals surface area contributed by atoms with Crippen molar-refractivity contribution in [2.24, 2.45) is 5.92 Å². The molecule has 24 heavy (non-hydrogen) atoms. The molecule has 2 aromatic rings. The summed E-state index contributed by atoms with van der Waals surface area (Å²) < 4.78 is 26.4. The van der Waals surface area contributed by atoms with Gasteiger partial charge in [0.2, 0.25) is 0 Å². The molecule has 5 nitrogen and oxygen atoms in total. The molecule has 1 amide bonds. The minimum atomic E-state index is -0.662. The van der Waals surface area contributed by atoms with Gasteiger partial charge < -0.3 is 10.3 Å².